The summed E-state index contributed by atoms with van der Waals surface area (Å²) in [4.78, 5) is 11.0. The van der Waals surface area contributed by atoms with Crippen LogP contribution >= 0.6 is 0 Å². The molecule has 0 amide bonds. The van der Waals surface area contributed by atoms with E-state index < -0.39 is 22.8 Å². The van der Waals surface area contributed by atoms with Gasteiger partial charge >= 0.3 is 6.16 Å². The molecule has 2 atom stereocenters. The molecule has 0 radical (unpaired) electrons. The van der Waals surface area contributed by atoms with E-state index >= 15 is 0 Å². The van der Waals surface area contributed by atoms with Crippen LogP contribution in [0.1, 0.15) is 54.4 Å². The lowest BCUT2D eigenvalue weighted by Gasteiger charge is -2.40. The standard InChI is InChI=1S/C18H34O7/c1-7-18(10-19,11-20)12-23-17(5,6)13(2)25-16(3,4)8-14-9-22-15(21)24-14/h13-14,19-20H,7-12H2,1-6H3. The van der Waals surface area contributed by atoms with E-state index in [9.17, 15) is 15.0 Å². The van der Waals surface area contributed by atoms with Gasteiger partial charge in [-0.05, 0) is 41.0 Å². The zero-order valence-corrected chi connectivity index (χ0v) is 16.3. The van der Waals surface area contributed by atoms with Crippen LogP contribution in [-0.2, 0) is 18.9 Å². The fourth-order valence-corrected chi connectivity index (χ4v) is 2.61. The van der Waals surface area contributed by atoms with Gasteiger partial charge in [0.1, 0.15) is 12.7 Å². The van der Waals surface area contributed by atoms with Gasteiger partial charge in [0.25, 0.3) is 0 Å². The second kappa shape index (κ2) is 8.66. The van der Waals surface area contributed by atoms with Gasteiger partial charge in [-0.2, -0.15) is 0 Å². The molecule has 1 rings (SSSR count). The molecule has 2 N–H and O–H groups in total. The fraction of sp³-hybridized carbons (Fsp3) is 0.944. The summed E-state index contributed by atoms with van der Waals surface area (Å²) in [7, 11) is 0. The van der Waals surface area contributed by atoms with Crippen LogP contribution in [-0.4, -0.2) is 66.2 Å². The number of carbonyl (C=O) groups excluding carboxylic acids is 1. The van der Waals surface area contributed by atoms with Crippen molar-refractivity contribution in [3.63, 3.8) is 0 Å². The van der Waals surface area contributed by atoms with Gasteiger partial charge in [0.2, 0.25) is 0 Å². The predicted octanol–water partition coefficient (Wildman–Crippen LogP) is 2.27. The molecule has 148 valence electrons. The van der Waals surface area contributed by atoms with Crippen molar-refractivity contribution in [2.45, 2.75) is 77.8 Å². The number of carbonyl (C=O) groups is 1. The molecule has 0 aromatic carbocycles. The van der Waals surface area contributed by atoms with Gasteiger partial charge in [-0.3, -0.25) is 0 Å². The zero-order chi connectivity index (χ0) is 19.3. The van der Waals surface area contributed by atoms with Gasteiger partial charge < -0.3 is 29.2 Å². The van der Waals surface area contributed by atoms with Crippen LogP contribution < -0.4 is 0 Å². The summed E-state index contributed by atoms with van der Waals surface area (Å²) in [6.07, 6.45) is -0.0704. The van der Waals surface area contributed by atoms with Gasteiger partial charge in [0.15, 0.2) is 0 Å². The molecule has 1 aliphatic rings. The van der Waals surface area contributed by atoms with Crippen LogP contribution in [0.15, 0.2) is 0 Å². The Hall–Kier alpha value is -0.890. The molecule has 0 aliphatic carbocycles. The average molecular weight is 362 g/mol. The Morgan fingerprint density at radius 2 is 1.84 bits per heavy atom. The van der Waals surface area contributed by atoms with Crippen LogP contribution in [0.4, 0.5) is 4.79 Å². The molecule has 7 nitrogen and oxygen atoms in total. The molecular weight excluding hydrogens is 328 g/mol. The Balaban J connectivity index is 2.60. The van der Waals surface area contributed by atoms with Gasteiger partial charge in [-0.15, -0.1) is 0 Å². The Labute approximate surface area is 150 Å². The Bertz CT molecular complexity index is 421. The van der Waals surface area contributed by atoms with Gasteiger partial charge in [0, 0.05) is 11.8 Å². The lowest BCUT2D eigenvalue weighted by molar-refractivity contribution is -0.188. The zero-order valence-electron chi connectivity index (χ0n) is 16.3. The smallest absolute Gasteiger partial charge is 0.430 e. The number of rotatable bonds is 11. The van der Waals surface area contributed by atoms with Crippen molar-refractivity contribution in [3.05, 3.63) is 0 Å². The quantitative estimate of drug-likeness (QED) is 0.545. The van der Waals surface area contributed by atoms with Crippen molar-refractivity contribution in [1.29, 1.82) is 0 Å². The third-order valence-corrected chi connectivity index (χ3v) is 5.02. The predicted molar refractivity (Wildman–Crippen MR) is 92.4 cm³/mol. The molecule has 7 heteroatoms. The monoisotopic (exact) mass is 362 g/mol. The van der Waals surface area contributed by atoms with Crippen molar-refractivity contribution < 1.29 is 34.0 Å². The third kappa shape index (κ3) is 6.40. The van der Waals surface area contributed by atoms with Crippen LogP contribution in [0.5, 0.6) is 0 Å². The van der Waals surface area contributed by atoms with E-state index in [0.717, 1.165) is 0 Å². The maximum atomic E-state index is 11.0. The molecule has 0 aromatic rings. The Morgan fingerprint density at radius 3 is 2.28 bits per heavy atom. The first-order valence-electron chi connectivity index (χ1n) is 8.86. The highest BCUT2D eigenvalue weighted by molar-refractivity contribution is 5.61. The number of ether oxygens (including phenoxy) is 4. The van der Waals surface area contributed by atoms with Crippen LogP contribution in [0.25, 0.3) is 0 Å². The molecule has 0 aromatic heterocycles. The SMILES string of the molecule is CCC(CO)(CO)COC(C)(C)C(C)OC(C)(C)CC1COC(=O)O1. The van der Waals surface area contributed by atoms with Gasteiger partial charge in [-0.1, -0.05) is 6.92 Å². The van der Waals surface area contributed by atoms with Gasteiger partial charge in [-0.25, -0.2) is 4.79 Å². The summed E-state index contributed by atoms with van der Waals surface area (Å²) < 4.78 is 22.1. The van der Waals surface area contributed by atoms with Crippen LogP contribution in [0.2, 0.25) is 0 Å². The lowest BCUT2D eigenvalue weighted by Crippen LogP contribution is -2.47. The normalized spacial score (nSPS) is 20.3. The molecule has 1 aliphatic heterocycles. The second-order valence-corrected chi connectivity index (χ2v) is 8.09. The number of aliphatic hydroxyl groups is 2. The largest absolute Gasteiger partial charge is 0.508 e. The number of hydrogen-bond donors (Lipinski definition) is 2. The van der Waals surface area contributed by atoms with Crippen molar-refractivity contribution in [2.75, 3.05) is 26.4 Å². The highest BCUT2D eigenvalue weighted by Gasteiger charge is 2.38. The van der Waals surface area contributed by atoms with Crippen LogP contribution in [0.3, 0.4) is 0 Å². The molecule has 1 fully saturated rings. The molecule has 1 saturated heterocycles. The number of cyclic esters (lactones) is 2. The van der Waals surface area contributed by atoms with Crippen LogP contribution in [0, 0.1) is 5.41 Å². The molecular formula is C18H34O7. The fourth-order valence-electron chi connectivity index (χ4n) is 2.61. The molecule has 1 heterocycles. The summed E-state index contributed by atoms with van der Waals surface area (Å²) in [5, 5.41) is 19.1. The highest BCUT2D eigenvalue weighted by Crippen LogP contribution is 2.30. The van der Waals surface area contributed by atoms with Gasteiger partial charge in [0.05, 0.1) is 37.1 Å². The summed E-state index contributed by atoms with van der Waals surface area (Å²) in [5.41, 5.74) is -1.80. The first-order chi connectivity index (χ1) is 11.5. The van der Waals surface area contributed by atoms with E-state index in [0.29, 0.717) is 12.8 Å². The summed E-state index contributed by atoms with van der Waals surface area (Å²) >= 11 is 0. The maximum Gasteiger partial charge on any atom is 0.508 e. The molecule has 25 heavy (non-hydrogen) atoms. The number of hydrogen-bond acceptors (Lipinski definition) is 7. The summed E-state index contributed by atoms with van der Waals surface area (Å²) in [6.45, 7) is 11.8. The first kappa shape index (κ1) is 22.2. The first-order valence-corrected chi connectivity index (χ1v) is 8.86. The molecule has 0 saturated carbocycles. The van der Waals surface area contributed by atoms with E-state index in [1.54, 1.807) is 0 Å². The van der Waals surface area contributed by atoms with E-state index in [4.69, 9.17) is 18.9 Å². The van der Waals surface area contributed by atoms with Crippen molar-refractivity contribution in [2.24, 2.45) is 5.41 Å². The molecule has 0 bridgehead atoms. The van der Waals surface area contributed by atoms with Crippen molar-refractivity contribution in [1.82, 2.24) is 0 Å². The van der Waals surface area contributed by atoms with E-state index in [1.807, 2.05) is 41.5 Å². The Kier molecular flexibility index (Phi) is 7.68. The maximum absolute atomic E-state index is 11.0. The topological polar surface area (TPSA) is 94.5 Å². The Morgan fingerprint density at radius 1 is 1.24 bits per heavy atom. The highest BCUT2D eigenvalue weighted by atomic mass is 16.8. The summed E-state index contributed by atoms with van der Waals surface area (Å²) in [6, 6.07) is 0. The average Bonchev–Trinajstić information content (AvgIpc) is 2.93. The molecule has 2 unspecified atom stereocenters. The van der Waals surface area contributed by atoms with E-state index in [2.05, 4.69) is 0 Å². The minimum Gasteiger partial charge on any atom is -0.430 e. The second-order valence-electron chi connectivity index (χ2n) is 8.09. The minimum absolute atomic E-state index is 0.135. The van der Waals surface area contributed by atoms with E-state index in [1.165, 1.54) is 0 Å². The lowest BCUT2D eigenvalue weighted by atomic mass is 9.87. The minimum atomic E-state index is -0.651. The van der Waals surface area contributed by atoms with Crippen molar-refractivity contribution in [3.8, 4) is 0 Å². The molecule has 0 spiro atoms. The van der Waals surface area contributed by atoms with Crippen molar-refractivity contribution >= 4 is 6.16 Å². The number of aliphatic hydroxyl groups excluding tert-OH is 2. The summed E-state index contributed by atoms with van der Waals surface area (Å²) in [5.74, 6) is 0. The van der Waals surface area contributed by atoms with E-state index in [-0.39, 0.29) is 38.6 Å². The third-order valence-electron chi connectivity index (χ3n) is 5.02.